The van der Waals surface area contributed by atoms with Crippen molar-refractivity contribution < 1.29 is 23.9 Å². The fourth-order valence-corrected chi connectivity index (χ4v) is 4.47. The van der Waals surface area contributed by atoms with Gasteiger partial charge in [-0.25, -0.2) is 0 Å². The van der Waals surface area contributed by atoms with E-state index >= 15 is 0 Å². The van der Waals surface area contributed by atoms with Gasteiger partial charge in [-0.05, 0) is 48.0 Å². The lowest BCUT2D eigenvalue weighted by Crippen LogP contribution is -2.47. The van der Waals surface area contributed by atoms with Crippen LogP contribution in [0.15, 0.2) is 109 Å². The Bertz CT molecular complexity index is 1520. The van der Waals surface area contributed by atoms with Crippen LogP contribution in [0, 0.1) is 5.41 Å². The van der Waals surface area contributed by atoms with Crippen molar-refractivity contribution in [1.82, 2.24) is 10.2 Å². The van der Waals surface area contributed by atoms with Crippen molar-refractivity contribution in [2.75, 3.05) is 18.5 Å². The smallest absolute Gasteiger partial charge is 0.260 e. The predicted molar refractivity (Wildman–Crippen MR) is 159 cm³/mol. The van der Waals surface area contributed by atoms with Crippen molar-refractivity contribution in [3.63, 3.8) is 0 Å². The van der Waals surface area contributed by atoms with E-state index in [-0.39, 0.29) is 37.9 Å². The number of fused-ring (bicyclic) bond motifs is 1. The van der Waals surface area contributed by atoms with Gasteiger partial charge in [-0.15, -0.1) is 0 Å². The molecular weight excluding hydrogens is 532 g/mol. The molecule has 212 valence electrons. The van der Waals surface area contributed by atoms with Crippen LogP contribution < -0.4 is 15.4 Å². The molecule has 4 aromatic carbocycles. The molecule has 5 rings (SSSR count). The van der Waals surface area contributed by atoms with Crippen molar-refractivity contribution in [2.24, 2.45) is 0 Å². The number of para-hydroxylation sites is 1. The van der Waals surface area contributed by atoms with Gasteiger partial charge in [-0.1, -0.05) is 66.7 Å². The normalized spacial score (nSPS) is 12.9. The van der Waals surface area contributed by atoms with Gasteiger partial charge in [0.15, 0.2) is 0 Å². The molecule has 0 radical (unpaired) electrons. The van der Waals surface area contributed by atoms with Gasteiger partial charge in [-0.2, -0.15) is 0 Å². The molecule has 0 saturated carbocycles. The number of nitrogens with zero attached hydrogens (tertiary/aromatic N) is 1. The van der Waals surface area contributed by atoms with Gasteiger partial charge in [0.25, 0.3) is 5.91 Å². The molecule has 0 aliphatic carbocycles. The number of amidine groups is 1. The summed E-state index contributed by atoms with van der Waals surface area (Å²) in [6, 6.07) is 31.6. The lowest BCUT2D eigenvalue weighted by atomic mass is 10.1. The Morgan fingerprint density at radius 2 is 1.40 bits per heavy atom. The van der Waals surface area contributed by atoms with Crippen molar-refractivity contribution in [2.45, 2.75) is 19.1 Å². The minimum Gasteiger partial charge on any atom is -0.457 e. The third-order valence-corrected chi connectivity index (χ3v) is 6.64. The molecule has 3 N–H and O–H groups in total. The molecule has 0 aromatic heterocycles. The summed E-state index contributed by atoms with van der Waals surface area (Å²) in [5, 5.41) is 13.9. The third-order valence-electron chi connectivity index (χ3n) is 6.64. The summed E-state index contributed by atoms with van der Waals surface area (Å²) in [5.74, 6) is 0.154. The van der Waals surface area contributed by atoms with Crippen LogP contribution in [0.4, 0.5) is 5.69 Å². The third kappa shape index (κ3) is 7.07. The monoisotopic (exact) mass is 562 g/mol. The highest BCUT2D eigenvalue weighted by atomic mass is 16.5. The Hall–Kier alpha value is -5.28. The highest BCUT2D eigenvalue weighted by Gasteiger charge is 2.32. The molecule has 0 bridgehead atoms. The molecule has 1 heterocycles. The molecule has 1 aliphatic rings. The number of hydrogen-bond donors (Lipinski definition) is 3. The van der Waals surface area contributed by atoms with Gasteiger partial charge in [0.1, 0.15) is 23.4 Å². The average Bonchev–Trinajstić information content (AvgIpc) is 3.26. The van der Waals surface area contributed by atoms with Crippen LogP contribution in [0.3, 0.4) is 0 Å². The van der Waals surface area contributed by atoms with Crippen LogP contribution >= 0.6 is 0 Å². The quantitative estimate of drug-likeness (QED) is 0.225. The molecule has 42 heavy (non-hydrogen) atoms. The van der Waals surface area contributed by atoms with Gasteiger partial charge in [0.05, 0.1) is 18.8 Å². The van der Waals surface area contributed by atoms with E-state index in [2.05, 4.69) is 10.6 Å². The topological polar surface area (TPSA) is 121 Å². The van der Waals surface area contributed by atoms with Crippen LogP contribution in [0.5, 0.6) is 11.5 Å². The van der Waals surface area contributed by atoms with E-state index in [0.717, 1.165) is 5.56 Å². The number of carbonyl (C=O) groups excluding carboxylic acids is 3. The molecule has 9 heteroatoms. The molecular formula is C33H30N4O5. The van der Waals surface area contributed by atoms with E-state index in [1.807, 2.05) is 60.7 Å². The van der Waals surface area contributed by atoms with Crippen molar-refractivity contribution in [1.29, 1.82) is 5.41 Å². The number of anilines is 1. The molecule has 0 fully saturated rings. The van der Waals surface area contributed by atoms with Crippen molar-refractivity contribution >= 4 is 29.2 Å². The minimum atomic E-state index is -0.993. The van der Waals surface area contributed by atoms with Crippen LogP contribution in [-0.2, 0) is 20.9 Å². The Balaban J connectivity index is 1.20. The summed E-state index contributed by atoms with van der Waals surface area (Å²) >= 11 is 0. The number of carbonyl (C=O) groups is 3. The first-order valence-electron chi connectivity index (χ1n) is 13.5. The number of rotatable bonds is 12. The number of amides is 3. The van der Waals surface area contributed by atoms with Crippen molar-refractivity contribution in [3.05, 3.63) is 126 Å². The Morgan fingerprint density at radius 1 is 0.786 bits per heavy atom. The number of ether oxygens (including phenoxy) is 2. The fourth-order valence-electron chi connectivity index (χ4n) is 4.47. The minimum absolute atomic E-state index is 0.0142. The SMILES string of the molecule is N=C1c2ccccc2C(=O)N1CCC(=O)NC(COCc1ccccc1)C(=O)Nc1ccc(Oc2ccccc2)cc1. The van der Waals surface area contributed by atoms with E-state index in [0.29, 0.717) is 28.3 Å². The maximum Gasteiger partial charge on any atom is 0.260 e. The molecule has 0 saturated heterocycles. The second kappa shape index (κ2) is 13.4. The maximum absolute atomic E-state index is 13.2. The number of benzene rings is 4. The van der Waals surface area contributed by atoms with E-state index in [1.54, 1.807) is 48.5 Å². The molecule has 0 spiro atoms. The first-order valence-corrected chi connectivity index (χ1v) is 13.5. The van der Waals surface area contributed by atoms with E-state index in [4.69, 9.17) is 14.9 Å². The predicted octanol–water partition coefficient (Wildman–Crippen LogP) is 4.99. The van der Waals surface area contributed by atoms with Gasteiger partial charge in [0.2, 0.25) is 11.8 Å². The molecule has 1 unspecified atom stereocenters. The van der Waals surface area contributed by atoms with Gasteiger partial charge >= 0.3 is 0 Å². The highest BCUT2D eigenvalue weighted by molar-refractivity contribution is 6.22. The summed E-state index contributed by atoms with van der Waals surface area (Å²) in [5.41, 5.74) is 2.43. The van der Waals surface area contributed by atoms with Crippen LogP contribution in [0.2, 0.25) is 0 Å². The maximum atomic E-state index is 13.2. The van der Waals surface area contributed by atoms with Gasteiger partial charge in [0, 0.05) is 24.2 Å². The van der Waals surface area contributed by atoms with Crippen LogP contribution in [0.1, 0.15) is 27.9 Å². The second-order valence-corrected chi connectivity index (χ2v) is 9.65. The lowest BCUT2D eigenvalue weighted by molar-refractivity contribution is -0.128. The highest BCUT2D eigenvalue weighted by Crippen LogP contribution is 2.24. The molecule has 4 aromatic rings. The summed E-state index contributed by atoms with van der Waals surface area (Å²) in [6.07, 6.45) is -0.0872. The van der Waals surface area contributed by atoms with E-state index in [9.17, 15) is 14.4 Å². The first kappa shape index (κ1) is 28.3. The largest absolute Gasteiger partial charge is 0.457 e. The Kier molecular flexibility index (Phi) is 9.00. The number of hydrogen-bond acceptors (Lipinski definition) is 6. The van der Waals surface area contributed by atoms with Gasteiger partial charge in [-0.3, -0.25) is 24.7 Å². The summed E-state index contributed by atoms with van der Waals surface area (Å²) in [7, 11) is 0. The zero-order valence-electron chi connectivity index (χ0n) is 22.8. The van der Waals surface area contributed by atoms with E-state index in [1.165, 1.54) is 4.90 Å². The second-order valence-electron chi connectivity index (χ2n) is 9.65. The Morgan fingerprint density at radius 3 is 2.10 bits per heavy atom. The summed E-state index contributed by atoms with van der Waals surface area (Å²) < 4.78 is 11.6. The van der Waals surface area contributed by atoms with Gasteiger partial charge < -0.3 is 20.1 Å². The zero-order chi connectivity index (χ0) is 29.3. The van der Waals surface area contributed by atoms with Crippen LogP contribution in [-0.4, -0.2) is 47.7 Å². The lowest BCUT2D eigenvalue weighted by Gasteiger charge is -2.20. The van der Waals surface area contributed by atoms with Crippen molar-refractivity contribution in [3.8, 4) is 11.5 Å². The fraction of sp³-hybridized carbons (Fsp3) is 0.152. The zero-order valence-corrected chi connectivity index (χ0v) is 22.8. The molecule has 1 aliphatic heterocycles. The molecule has 1 atom stereocenters. The van der Waals surface area contributed by atoms with Crippen LogP contribution in [0.25, 0.3) is 0 Å². The summed E-state index contributed by atoms with van der Waals surface area (Å²) in [4.78, 5) is 40.2. The summed E-state index contributed by atoms with van der Waals surface area (Å²) in [6.45, 7) is 0.218. The molecule has 3 amide bonds. The molecule has 9 nitrogen and oxygen atoms in total. The standard InChI is InChI=1S/C33H30N4O5/c34-31-27-13-7-8-14-28(27)33(40)37(31)20-19-30(38)36-29(22-41-21-23-9-3-1-4-10-23)32(39)35-24-15-17-26(18-16-24)42-25-11-5-2-6-12-25/h1-18,29,34H,19-22H2,(H,35,39)(H,36,38). The first-order chi connectivity index (χ1) is 20.5. The number of nitrogens with one attached hydrogen (secondary N) is 3. The van der Waals surface area contributed by atoms with E-state index < -0.39 is 17.9 Å². The Labute approximate surface area is 243 Å². The average molecular weight is 563 g/mol.